The van der Waals surface area contributed by atoms with Gasteiger partial charge in [-0.2, -0.15) is 8.42 Å². The van der Waals surface area contributed by atoms with Gasteiger partial charge in [0.2, 0.25) is 17.7 Å². The fraction of sp³-hybridized carbons (Fsp3) is 0.432. The number of aromatic nitrogens is 2. The molecule has 4 amide bonds. The maximum Gasteiger partial charge on any atom is 0.329 e. The molecule has 3 aromatic carbocycles. The number of likely N-dealkylation sites (tertiary alicyclic amines) is 1. The lowest BCUT2D eigenvalue weighted by Gasteiger charge is -2.36. The molecule has 0 aliphatic carbocycles. The molecule has 0 spiro atoms. The molecule has 8 rings (SSSR count). The van der Waals surface area contributed by atoms with Gasteiger partial charge in [0.1, 0.15) is 24.0 Å². The zero-order valence-corrected chi connectivity index (χ0v) is 30.4. The number of carbonyl (C=O) groups is 4. The number of phenolic OH excluding ortho intramolecular Hbond substituents is 1. The summed E-state index contributed by atoms with van der Waals surface area (Å²) in [5.41, 5.74) is 2.27. The highest BCUT2D eigenvalue weighted by Gasteiger charge is 2.38. The lowest BCUT2D eigenvalue weighted by atomic mass is 9.87. The van der Waals surface area contributed by atoms with E-state index in [1.54, 1.807) is 23.9 Å². The first-order valence-corrected chi connectivity index (χ1v) is 19.6. The Morgan fingerprint density at radius 2 is 1.65 bits per heavy atom. The quantitative estimate of drug-likeness (QED) is 0.249. The van der Waals surface area contributed by atoms with E-state index in [-0.39, 0.29) is 47.6 Å². The van der Waals surface area contributed by atoms with Crippen LogP contribution in [0.5, 0.6) is 5.75 Å². The van der Waals surface area contributed by atoms with Gasteiger partial charge in [-0.05, 0) is 85.2 Å². The summed E-state index contributed by atoms with van der Waals surface area (Å²) in [6.07, 6.45) is 3.92. The van der Waals surface area contributed by atoms with Crippen LogP contribution in [0.1, 0.15) is 62.5 Å². The van der Waals surface area contributed by atoms with Gasteiger partial charge >= 0.3 is 15.9 Å². The molecular weight excluding hydrogens is 722 g/mol. The van der Waals surface area contributed by atoms with E-state index in [0.29, 0.717) is 53.1 Å². The monoisotopic (exact) mass is 761 g/mol. The Bertz CT molecular complexity index is 2410. The molecule has 3 N–H and O–H groups in total. The predicted molar refractivity (Wildman–Crippen MR) is 197 cm³/mol. The number of nitrogens with zero attached hydrogens (tertiary/aromatic N) is 5. The number of rotatable bonds is 6. The number of aromatic hydroxyl groups is 1. The summed E-state index contributed by atoms with van der Waals surface area (Å²) in [6, 6.07) is 11.5. The number of imide groups is 1. The summed E-state index contributed by atoms with van der Waals surface area (Å²) >= 11 is 0. The fourth-order valence-electron chi connectivity index (χ4n) is 8.49. The Hall–Kier alpha value is -5.45. The number of aryl methyl sites for hydroxylation is 1. The third-order valence-electron chi connectivity index (χ3n) is 11.5. The first-order valence-electron chi connectivity index (χ1n) is 18.1. The topological polar surface area (TPSA) is 183 Å². The van der Waals surface area contributed by atoms with Crippen molar-refractivity contribution < 1.29 is 37.1 Å². The molecule has 17 heteroatoms. The summed E-state index contributed by atoms with van der Waals surface area (Å²) in [6.45, 7) is 1.99. The highest BCUT2D eigenvalue weighted by molar-refractivity contribution is 7.92. The van der Waals surface area contributed by atoms with Crippen molar-refractivity contribution in [3.63, 3.8) is 0 Å². The predicted octanol–water partition coefficient (Wildman–Crippen LogP) is 2.51. The molecular formula is C37H40FN7O8S. The summed E-state index contributed by atoms with van der Waals surface area (Å²) in [5.74, 6) is -2.75. The number of imidazole rings is 1. The maximum atomic E-state index is 15.8. The van der Waals surface area contributed by atoms with Crippen LogP contribution in [0.3, 0.4) is 0 Å². The van der Waals surface area contributed by atoms with Gasteiger partial charge in [0.05, 0.1) is 11.0 Å². The molecule has 4 aromatic rings. The molecule has 4 aliphatic rings. The van der Waals surface area contributed by atoms with E-state index in [9.17, 15) is 37.5 Å². The molecule has 1 aromatic heterocycles. The van der Waals surface area contributed by atoms with E-state index in [1.165, 1.54) is 15.2 Å². The lowest BCUT2D eigenvalue weighted by Crippen LogP contribution is -2.44. The van der Waals surface area contributed by atoms with Crippen LogP contribution < -0.4 is 24.9 Å². The van der Waals surface area contributed by atoms with Gasteiger partial charge in [-0.1, -0.05) is 12.1 Å². The molecule has 0 saturated carbocycles. The van der Waals surface area contributed by atoms with Crippen LogP contribution in [0.2, 0.25) is 0 Å². The van der Waals surface area contributed by atoms with E-state index in [4.69, 9.17) is 0 Å². The van der Waals surface area contributed by atoms with Gasteiger partial charge in [-0.25, -0.2) is 18.2 Å². The van der Waals surface area contributed by atoms with Crippen LogP contribution in [0.15, 0.2) is 47.3 Å². The number of nitrogens with one attached hydrogen (secondary N) is 2. The normalized spacial score (nSPS) is 21.3. The Morgan fingerprint density at radius 3 is 2.33 bits per heavy atom. The first kappa shape index (κ1) is 35.6. The molecule has 4 saturated heterocycles. The molecule has 54 heavy (non-hydrogen) atoms. The number of benzene rings is 3. The zero-order valence-electron chi connectivity index (χ0n) is 29.6. The number of piperidine rings is 3. The van der Waals surface area contributed by atoms with E-state index in [1.807, 2.05) is 29.2 Å². The molecule has 0 bridgehead atoms. The average molecular weight is 762 g/mol. The molecule has 4 fully saturated rings. The van der Waals surface area contributed by atoms with Crippen LogP contribution >= 0.6 is 0 Å². The van der Waals surface area contributed by atoms with Crippen LogP contribution in [-0.2, 0) is 36.4 Å². The van der Waals surface area contributed by atoms with Crippen molar-refractivity contribution in [2.24, 2.45) is 13.0 Å². The average Bonchev–Trinajstić information content (AvgIpc) is 3.56. The molecule has 284 valence electrons. The minimum absolute atomic E-state index is 0.0508. The summed E-state index contributed by atoms with van der Waals surface area (Å²) in [5, 5.41) is 13.4. The van der Waals surface area contributed by atoms with Gasteiger partial charge in [0.25, 0.3) is 5.91 Å². The zero-order chi connectivity index (χ0) is 38.1. The SMILES string of the molecule is Cn1c(=O)n(C2CCC(=O)NC2=O)c2ccc(N3CCC(CC(=O)N4CCC(c5ccc6cc(O)c(N7CC(=O)NS7(=O)=O)c(F)c6c5)CC4)CC3)cc21. The van der Waals surface area contributed by atoms with Crippen molar-refractivity contribution in [2.45, 2.75) is 56.9 Å². The lowest BCUT2D eigenvalue weighted by molar-refractivity contribution is -0.136. The number of carbonyl (C=O) groups excluding carboxylic acids is 4. The number of hydrogen-bond donors (Lipinski definition) is 3. The Labute approximate surface area is 309 Å². The smallest absolute Gasteiger partial charge is 0.329 e. The summed E-state index contributed by atoms with van der Waals surface area (Å²) in [4.78, 5) is 66.7. The fourth-order valence-corrected chi connectivity index (χ4v) is 9.66. The van der Waals surface area contributed by atoms with Crippen molar-refractivity contribution in [1.82, 2.24) is 24.1 Å². The minimum Gasteiger partial charge on any atom is -0.506 e. The number of amides is 4. The molecule has 1 atom stereocenters. The summed E-state index contributed by atoms with van der Waals surface area (Å²) < 4.78 is 45.9. The van der Waals surface area contributed by atoms with Crippen LogP contribution in [0.4, 0.5) is 15.8 Å². The van der Waals surface area contributed by atoms with Crippen molar-refractivity contribution in [3.05, 3.63) is 64.3 Å². The van der Waals surface area contributed by atoms with Crippen LogP contribution in [0.25, 0.3) is 21.8 Å². The first-order chi connectivity index (χ1) is 25.8. The van der Waals surface area contributed by atoms with Gasteiger partial charge in [0.15, 0.2) is 5.82 Å². The van der Waals surface area contributed by atoms with Gasteiger partial charge in [-0.3, -0.25) is 33.6 Å². The van der Waals surface area contributed by atoms with Crippen molar-refractivity contribution in [3.8, 4) is 5.75 Å². The number of hydrogen-bond acceptors (Lipinski definition) is 9. The number of fused-ring (bicyclic) bond motifs is 2. The number of halogens is 1. The number of anilines is 2. The summed E-state index contributed by atoms with van der Waals surface area (Å²) in [7, 11) is -2.65. The molecule has 5 heterocycles. The van der Waals surface area contributed by atoms with Crippen LogP contribution in [0, 0.1) is 11.7 Å². The second-order valence-electron chi connectivity index (χ2n) is 14.7. The molecule has 1 unspecified atom stereocenters. The second kappa shape index (κ2) is 13.4. The third kappa shape index (κ3) is 6.23. The van der Waals surface area contributed by atoms with Gasteiger partial charge in [-0.15, -0.1) is 0 Å². The Kier molecular flexibility index (Phi) is 8.86. The highest BCUT2D eigenvalue weighted by Crippen LogP contribution is 2.40. The standard InChI is InChI=1S/C37H40FN7O8S/c1-41-29-19-25(4-5-27(29)45(37(41)51)28-6-7-31(47)39-36(28)50)42-12-8-21(9-13-42)16-33(49)43-14-10-22(11-15-43)23-2-3-24-18-30(46)35(34(38)26(24)17-23)44-20-32(48)40-54(44,52)53/h2-5,17-19,21-22,28,46H,6-16,20H2,1H3,(H,40,48)(H,39,47,50). The molecule has 15 nitrogen and oxygen atoms in total. The van der Waals surface area contributed by atoms with Gasteiger partial charge < -0.3 is 14.9 Å². The minimum atomic E-state index is -4.32. The Balaban J connectivity index is 0.876. The van der Waals surface area contributed by atoms with Gasteiger partial charge in [0, 0.05) is 57.1 Å². The molecule has 4 aliphatic heterocycles. The van der Waals surface area contributed by atoms with Crippen molar-refractivity contribution in [2.75, 3.05) is 41.9 Å². The Morgan fingerprint density at radius 1 is 0.907 bits per heavy atom. The third-order valence-corrected chi connectivity index (χ3v) is 12.9. The maximum absolute atomic E-state index is 15.8. The largest absolute Gasteiger partial charge is 0.506 e. The van der Waals surface area contributed by atoms with Crippen LogP contribution in [-0.4, -0.2) is 83.9 Å². The van der Waals surface area contributed by atoms with E-state index in [2.05, 4.69) is 10.2 Å². The van der Waals surface area contributed by atoms with Crippen molar-refractivity contribution >= 4 is 67.0 Å². The number of phenols is 1. The second-order valence-corrected chi connectivity index (χ2v) is 16.3. The van der Waals surface area contributed by atoms with E-state index in [0.717, 1.165) is 37.2 Å². The molecule has 0 radical (unpaired) electrons. The van der Waals surface area contributed by atoms with E-state index >= 15 is 4.39 Å². The van der Waals surface area contributed by atoms with Crippen molar-refractivity contribution in [1.29, 1.82) is 0 Å². The highest BCUT2D eigenvalue weighted by atomic mass is 32.2. The van der Waals surface area contributed by atoms with E-state index < -0.39 is 51.9 Å².